The molecular formula is C23H34ClN3O2S. The van der Waals surface area contributed by atoms with E-state index in [1.54, 1.807) is 6.20 Å². The van der Waals surface area contributed by atoms with E-state index in [0.29, 0.717) is 22.6 Å². The number of esters is 1. The topological polar surface area (TPSA) is 54.5 Å². The molecule has 1 N–H and O–H groups in total. The van der Waals surface area contributed by atoms with Crippen LogP contribution in [-0.4, -0.2) is 48.6 Å². The molecule has 3 rings (SSSR count). The minimum atomic E-state index is -0.335. The Morgan fingerprint density at radius 1 is 1.47 bits per heavy atom. The Morgan fingerprint density at radius 2 is 2.23 bits per heavy atom. The van der Waals surface area contributed by atoms with E-state index >= 15 is 0 Å². The second kappa shape index (κ2) is 9.84. The van der Waals surface area contributed by atoms with Gasteiger partial charge in [-0.15, -0.1) is 0 Å². The number of thiazole rings is 1. The molecule has 2 unspecified atom stereocenters. The molecule has 2 heterocycles. The van der Waals surface area contributed by atoms with Gasteiger partial charge in [0.25, 0.3) is 0 Å². The molecule has 2 aliphatic rings. The lowest BCUT2D eigenvalue weighted by atomic mass is 9.66. The Kier molecular flexibility index (Phi) is 7.64. The second-order valence-electron chi connectivity index (χ2n) is 9.48. The number of aromatic nitrogens is 1. The van der Waals surface area contributed by atoms with Crippen LogP contribution in [0.5, 0.6) is 0 Å². The van der Waals surface area contributed by atoms with Gasteiger partial charge in [0.1, 0.15) is 4.88 Å². The number of nitrogens with zero attached hydrogens (tertiary/aromatic N) is 2. The Balaban J connectivity index is 1.61. The molecule has 1 aromatic heterocycles. The summed E-state index contributed by atoms with van der Waals surface area (Å²) in [5.41, 5.74) is 0.242. The molecule has 0 spiro atoms. The van der Waals surface area contributed by atoms with Gasteiger partial charge in [-0.05, 0) is 48.6 Å². The van der Waals surface area contributed by atoms with Crippen molar-refractivity contribution in [3.63, 3.8) is 0 Å². The number of ether oxygens (including phenoxy) is 1. The monoisotopic (exact) mass is 451 g/mol. The van der Waals surface area contributed by atoms with Crippen LogP contribution in [0, 0.1) is 23.2 Å². The lowest BCUT2D eigenvalue weighted by molar-refractivity contribution is 0.0288. The first-order chi connectivity index (χ1) is 14.2. The summed E-state index contributed by atoms with van der Waals surface area (Å²) in [4.78, 5) is 19.2. The van der Waals surface area contributed by atoms with Crippen LogP contribution in [-0.2, 0) is 4.74 Å². The first-order valence-electron chi connectivity index (χ1n) is 10.8. The quantitative estimate of drug-likeness (QED) is 0.561. The molecule has 1 aliphatic heterocycles. The summed E-state index contributed by atoms with van der Waals surface area (Å²) in [5, 5.41) is 5.20. The molecule has 7 heteroatoms. The van der Waals surface area contributed by atoms with Crippen LogP contribution in [0.1, 0.15) is 50.2 Å². The zero-order chi connectivity index (χ0) is 21.9. The average Bonchev–Trinajstić information content (AvgIpc) is 3.16. The van der Waals surface area contributed by atoms with Gasteiger partial charge >= 0.3 is 5.97 Å². The van der Waals surface area contributed by atoms with Crippen molar-refractivity contribution in [2.75, 3.05) is 32.1 Å². The fourth-order valence-electron chi connectivity index (χ4n) is 4.74. The molecule has 30 heavy (non-hydrogen) atoms. The molecule has 3 atom stereocenters. The number of carbonyl (C=O) groups excluding carboxylic acids is 1. The second-order valence-corrected chi connectivity index (χ2v) is 10.9. The Hall–Kier alpha value is -1.37. The normalized spacial score (nSPS) is 25.1. The van der Waals surface area contributed by atoms with Crippen LogP contribution in [0.2, 0.25) is 0 Å². The predicted octanol–water partition coefficient (Wildman–Crippen LogP) is 5.41. The molecule has 0 saturated carbocycles. The maximum Gasteiger partial charge on any atom is 0.349 e. The summed E-state index contributed by atoms with van der Waals surface area (Å²) < 4.78 is 4.79. The van der Waals surface area contributed by atoms with Crippen LogP contribution in [0.4, 0.5) is 5.13 Å². The summed E-state index contributed by atoms with van der Waals surface area (Å²) in [5.74, 6) is 1.36. The standard InChI is InChI=1S/C23H34ClN3O2S/c1-15(2)19(26-22-25-12-20(30-22)21(28)29-5)13-27-11-10-18(23(3,4)14-27)16-6-8-17(24)9-7-16/h6,8-9,12,15-16,18-19H,7,10-11,13-14H2,1-5H3,(H,25,26)/t16?,18?,19-/m0/s1. The molecule has 166 valence electrons. The molecule has 0 radical (unpaired) electrons. The van der Waals surface area contributed by atoms with Gasteiger partial charge in [-0.1, -0.05) is 62.8 Å². The largest absolute Gasteiger partial charge is 0.465 e. The molecule has 1 aromatic rings. The fraction of sp³-hybridized carbons (Fsp3) is 0.652. The van der Waals surface area contributed by atoms with Crippen LogP contribution >= 0.6 is 22.9 Å². The van der Waals surface area contributed by atoms with E-state index in [2.05, 4.69) is 61.1 Å². The van der Waals surface area contributed by atoms with Crippen molar-refractivity contribution in [3.8, 4) is 0 Å². The third kappa shape index (κ3) is 5.65. The minimum Gasteiger partial charge on any atom is -0.465 e. The van der Waals surface area contributed by atoms with E-state index in [0.717, 1.165) is 36.2 Å². The zero-order valence-corrected chi connectivity index (χ0v) is 20.2. The predicted molar refractivity (Wildman–Crippen MR) is 125 cm³/mol. The molecule has 0 amide bonds. The van der Waals surface area contributed by atoms with E-state index in [1.807, 2.05) is 0 Å². The SMILES string of the molecule is COC(=O)c1cnc(N[C@@H](CN2CCC(C3C=CC(Cl)=CC3)C(C)(C)C2)C(C)C)s1. The van der Waals surface area contributed by atoms with Gasteiger partial charge in [0, 0.05) is 24.2 Å². The highest BCUT2D eigenvalue weighted by atomic mass is 35.5. The number of allylic oxidation sites excluding steroid dienone is 4. The van der Waals surface area contributed by atoms with Crippen molar-refractivity contribution >= 4 is 34.0 Å². The first-order valence-corrected chi connectivity index (χ1v) is 12.0. The first kappa shape index (κ1) is 23.3. The molecule has 1 fully saturated rings. The summed E-state index contributed by atoms with van der Waals surface area (Å²) in [6.45, 7) is 12.4. The molecule has 5 nitrogen and oxygen atoms in total. The lowest BCUT2D eigenvalue weighted by Gasteiger charge is -2.48. The van der Waals surface area contributed by atoms with Crippen LogP contribution < -0.4 is 5.32 Å². The summed E-state index contributed by atoms with van der Waals surface area (Å²) in [6, 6.07) is 0.269. The Morgan fingerprint density at radius 3 is 2.83 bits per heavy atom. The van der Waals surface area contributed by atoms with Crippen LogP contribution in [0.3, 0.4) is 0 Å². The van der Waals surface area contributed by atoms with Crippen molar-refractivity contribution in [2.24, 2.45) is 23.2 Å². The van der Waals surface area contributed by atoms with Gasteiger partial charge in [0.2, 0.25) is 0 Å². The highest BCUT2D eigenvalue weighted by Crippen LogP contribution is 2.43. The van der Waals surface area contributed by atoms with Crippen molar-refractivity contribution in [2.45, 2.75) is 46.6 Å². The van der Waals surface area contributed by atoms with Gasteiger partial charge in [-0.25, -0.2) is 9.78 Å². The maximum atomic E-state index is 11.7. The lowest BCUT2D eigenvalue weighted by Crippen LogP contribution is -2.51. The smallest absolute Gasteiger partial charge is 0.349 e. The van der Waals surface area contributed by atoms with Crippen molar-refractivity contribution < 1.29 is 9.53 Å². The number of nitrogens with one attached hydrogen (secondary N) is 1. The number of likely N-dealkylation sites (tertiary alicyclic amines) is 1. The van der Waals surface area contributed by atoms with Gasteiger partial charge in [0.05, 0.1) is 13.3 Å². The number of carbonyl (C=O) groups is 1. The number of piperidine rings is 1. The van der Waals surface area contributed by atoms with Crippen LogP contribution in [0.15, 0.2) is 29.5 Å². The average molecular weight is 452 g/mol. The molecular weight excluding hydrogens is 418 g/mol. The van der Waals surface area contributed by atoms with Gasteiger partial charge in [0.15, 0.2) is 5.13 Å². The van der Waals surface area contributed by atoms with Gasteiger partial charge < -0.3 is 15.0 Å². The number of methoxy groups -OCH3 is 1. The number of hydrogen-bond acceptors (Lipinski definition) is 6. The number of hydrogen-bond donors (Lipinski definition) is 1. The summed E-state index contributed by atoms with van der Waals surface area (Å²) >= 11 is 7.48. The highest BCUT2D eigenvalue weighted by molar-refractivity contribution is 7.17. The highest BCUT2D eigenvalue weighted by Gasteiger charge is 2.40. The Bertz CT molecular complexity index is 802. The number of rotatable bonds is 7. The van der Waals surface area contributed by atoms with E-state index in [9.17, 15) is 4.79 Å². The van der Waals surface area contributed by atoms with Crippen molar-refractivity contribution in [3.05, 3.63) is 34.3 Å². The molecule has 0 bridgehead atoms. The van der Waals surface area contributed by atoms with Crippen molar-refractivity contribution in [1.29, 1.82) is 0 Å². The fourth-order valence-corrected chi connectivity index (χ4v) is 5.70. The van der Waals surface area contributed by atoms with E-state index in [-0.39, 0.29) is 17.4 Å². The van der Waals surface area contributed by atoms with Gasteiger partial charge in [-0.3, -0.25) is 0 Å². The minimum absolute atomic E-state index is 0.242. The number of anilines is 1. The van der Waals surface area contributed by atoms with E-state index in [1.165, 1.54) is 24.9 Å². The summed E-state index contributed by atoms with van der Waals surface area (Å²) in [7, 11) is 1.39. The van der Waals surface area contributed by atoms with Crippen LogP contribution in [0.25, 0.3) is 0 Å². The number of halogens is 1. The third-order valence-corrected chi connectivity index (χ3v) is 7.65. The van der Waals surface area contributed by atoms with E-state index < -0.39 is 0 Å². The summed E-state index contributed by atoms with van der Waals surface area (Å²) in [6.07, 6.45) is 10.4. The van der Waals surface area contributed by atoms with Gasteiger partial charge in [-0.2, -0.15) is 0 Å². The zero-order valence-electron chi connectivity index (χ0n) is 18.7. The van der Waals surface area contributed by atoms with E-state index in [4.69, 9.17) is 16.3 Å². The molecule has 1 saturated heterocycles. The molecule has 1 aliphatic carbocycles. The third-order valence-electron chi connectivity index (χ3n) is 6.46. The Labute approximate surface area is 189 Å². The molecule has 0 aromatic carbocycles. The maximum absolute atomic E-state index is 11.7. The van der Waals surface area contributed by atoms with Crippen molar-refractivity contribution in [1.82, 2.24) is 9.88 Å².